The van der Waals surface area contributed by atoms with Crippen molar-refractivity contribution < 1.29 is 0 Å². The van der Waals surface area contributed by atoms with Crippen LogP contribution in [0.2, 0.25) is 0 Å². The smallest absolute Gasteiger partial charge is 0.0289 e. The highest BCUT2D eigenvalue weighted by Crippen LogP contribution is 2.20. The molecule has 0 fully saturated rings. The molecule has 1 heteroatoms. The monoisotopic (exact) mass is 286 g/mol. The fraction of sp³-hybridized carbons (Fsp3) is 0.125. The maximum absolute atomic E-state index is 3.57. The van der Waals surface area contributed by atoms with Gasteiger partial charge < -0.3 is 0 Å². The Bertz CT molecular complexity index is 571. The molecular formula is C16H15Br. The number of benzene rings is 1. The van der Waals surface area contributed by atoms with E-state index in [0.717, 1.165) is 5.33 Å². The van der Waals surface area contributed by atoms with Crippen molar-refractivity contribution in [3.63, 3.8) is 0 Å². The highest BCUT2D eigenvalue weighted by molar-refractivity contribution is 9.08. The fourth-order valence-electron chi connectivity index (χ4n) is 1.90. The lowest BCUT2D eigenvalue weighted by Crippen LogP contribution is -1.80. The van der Waals surface area contributed by atoms with Crippen molar-refractivity contribution >= 4 is 26.7 Å². The Balaban J connectivity index is 2.93. The van der Waals surface area contributed by atoms with Crippen LogP contribution in [0.25, 0.3) is 10.8 Å². The van der Waals surface area contributed by atoms with Crippen molar-refractivity contribution in [2.75, 3.05) is 0 Å². The molecule has 0 nitrogen and oxygen atoms in total. The first-order chi connectivity index (χ1) is 8.33. The topological polar surface area (TPSA) is 0 Å². The van der Waals surface area contributed by atoms with Gasteiger partial charge in [0.05, 0.1) is 0 Å². The third-order valence-electron chi connectivity index (χ3n) is 2.82. The van der Waals surface area contributed by atoms with Crippen LogP contribution in [0.4, 0.5) is 0 Å². The summed E-state index contributed by atoms with van der Waals surface area (Å²) >= 11 is 3.57. The van der Waals surface area contributed by atoms with Gasteiger partial charge in [0.1, 0.15) is 0 Å². The second-order valence-corrected chi connectivity index (χ2v) is 4.55. The van der Waals surface area contributed by atoms with Gasteiger partial charge in [0, 0.05) is 5.33 Å². The van der Waals surface area contributed by atoms with Crippen LogP contribution in [0, 0.1) is 6.92 Å². The Hall–Kier alpha value is -1.34. The number of alkyl halides is 1. The Kier molecular flexibility index (Phi) is 4.16. The van der Waals surface area contributed by atoms with Crippen LogP contribution in [0.5, 0.6) is 0 Å². The summed E-state index contributed by atoms with van der Waals surface area (Å²) in [5.41, 5.74) is 2.60. The molecule has 0 spiro atoms. The molecule has 86 valence electrons. The van der Waals surface area contributed by atoms with Crippen molar-refractivity contribution in [1.82, 2.24) is 0 Å². The molecule has 0 aromatic heterocycles. The van der Waals surface area contributed by atoms with E-state index in [1.165, 1.54) is 21.9 Å². The van der Waals surface area contributed by atoms with E-state index in [1.54, 1.807) is 0 Å². The van der Waals surface area contributed by atoms with Crippen LogP contribution < -0.4 is 0 Å². The minimum Gasteiger partial charge on any atom is -0.0876 e. The fourth-order valence-corrected chi connectivity index (χ4v) is 2.39. The lowest BCUT2D eigenvalue weighted by atomic mass is 10.0. The quantitative estimate of drug-likeness (QED) is 0.635. The molecule has 2 aromatic carbocycles. The van der Waals surface area contributed by atoms with E-state index in [9.17, 15) is 0 Å². The summed E-state index contributed by atoms with van der Waals surface area (Å²) in [6.07, 6.45) is 0. The summed E-state index contributed by atoms with van der Waals surface area (Å²) in [4.78, 5) is 0. The van der Waals surface area contributed by atoms with E-state index in [1.807, 2.05) is 0 Å². The third kappa shape index (κ3) is 2.86. The van der Waals surface area contributed by atoms with Gasteiger partial charge >= 0.3 is 0 Å². The van der Waals surface area contributed by atoms with Crippen LogP contribution in [-0.2, 0) is 5.33 Å². The number of rotatable bonds is 1. The minimum absolute atomic E-state index is 0.866. The Morgan fingerprint density at radius 2 is 1.35 bits per heavy atom. The Morgan fingerprint density at radius 1 is 0.765 bits per heavy atom. The number of fused-ring (bicyclic) bond motifs is 1. The Morgan fingerprint density at radius 3 is 2.06 bits per heavy atom. The molecule has 0 aliphatic rings. The van der Waals surface area contributed by atoms with Crippen LogP contribution in [0.3, 0.4) is 0 Å². The van der Waals surface area contributed by atoms with Gasteiger partial charge in [-0.3, -0.25) is 0 Å². The van der Waals surface area contributed by atoms with Gasteiger partial charge in [-0.1, -0.05) is 76.6 Å². The summed E-state index contributed by atoms with van der Waals surface area (Å²) < 4.78 is 0. The molecule has 0 heterocycles. The summed E-state index contributed by atoms with van der Waals surface area (Å²) in [6.45, 7) is 2.15. The van der Waals surface area contributed by atoms with Gasteiger partial charge in [-0.15, -0.1) is 0 Å². The predicted molar refractivity (Wildman–Crippen MR) is 78.9 cm³/mol. The van der Waals surface area contributed by atoms with Gasteiger partial charge in [0.2, 0.25) is 0 Å². The summed E-state index contributed by atoms with van der Waals surface area (Å²) in [5, 5.41) is 3.47. The van der Waals surface area contributed by atoms with Gasteiger partial charge in [0.15, 0.2) is 0 Å². The summed E-state index contributed by atoms with van der Waals surface area (Å²) in [5.74, 6) is 0. The maximum atomic E-state index is 3.57. The van der Waals surface area contributed by atoms with Gasteiger partial charge in [0.25, 0.3) is 0 Å². The first-order valence-corrected chi connectivity index (χ1v) is 6.81. The highest BCUT2D eigenvalue weighted by Gasteiger charge is 1.97. The SMILES string of the molecule is Cc1ccccccc(CBr)c2ccccc12. The molecule has 17 heavy (non-hydrogen) atoms. The molecule has 0 aliphatic carbocycles. The minimum atomic E-state index is 0.866. The van der Waals surface area contributed by atoms with Gasteiger partial charge in [-0.25, -0.2) is 0 Å². The highest BCUT2D eigenvalue weighted by atomic mass is 79.9. The van der Waals surface area contributed by atoms with Crippen molar-refractivity contribution in [3.8, 4) is 0 Å². The molecule has 0 aliphatic heterocycles. The maximum Gasteiger partial charge on any atom is 0.0289 e. The molecule has 2 aromatic rings. The molecule has 0 amide bonds. The largest absolute Gasteiger partial charge is 0.0876 e. The average molecular weight is 287 g/mol. The van der Waals surface area contributed by atoms with Crippen molar-refractivity contribution in [2.24, 2.45) is 0 Å². The Labute approximate surface area is 111 Å². The predicted octanol–water partition coefficient (Wildman–Crippen LogP) is 5.17. The van der Waals surface area contributed by atoms with E-state index in [0.29, 0.717) is 0 Å². The summed E-state index contributed by atoms with van der Waals surface area (Å²) in [6, 6.07) is 21.1. The lowest BCUT2D eigenvalue weighted by molar-refractivity contribution is 1.48. The molecule has 0 atom stereocenters. The van der Waals surface area contributed by atoms with Crippen LogP contribution in [-0.4, -0.2) is 0 Å². The first kappa shape index (κ1) is 12.1. The zero-order valence-corrected chi connectivity index (χ0v) is 11.4. The van der Waals surface area contributed by atoms with Gasteiger partial charge in [-0.05, 0) is 28.8 Å². The third-order valence-corrected chi connectivity index (χ3v) is 3.42. The standard InChI is InChI=1S/C16H15Br/c1-13-8-4-2-3-5-9-14(12-17)16-11-7-6-10-15(13)16/h2-11H,12H2,1H3. The van der Waals surface area contributed by atoms with Crippen molar-refractivity contribution in [3.05, 3.63) is 71.8 Å². The summed E-state index contributed by atoms with van der Waals surface area (Å²) in [7, 11) is 0. The number of halogens is 1. The van der Waals surface area contributed by atoms with Crippen LogP contribution >= 0.6 is 15.9 Å². The molecule has 0 N–H and O–H groups in total. The lowest BCUT2D eigenvalue weighted by Gasteiger charge is -2.02. The van der Waals surface area contributed by atoms with E-state index in [-0.39, 0.29) is 0 Å². The second-order valence-electron chi connectivity index (χ2n) is 3.99. The molecule has 0 bridgehead atoms. The normalized spacial score (nSPS) is 10.0. The molecule has 0 saturated heterocycles. The second kappa shape index (κ2) is 5.83. The van der Waals surface area contributed by atoms with E-state index < -0.39 is 0 Å². The van der Waals surface area contributed by atoms with Crippen LogP contribution in [0.1, 0.15) is 11.1 Å². The first-order valence-electron chi connectivity index (χ1n) is 5.69. The van der Waals surface area contributed by atoms with Crippen molar-refractivity contribution in [1.29, 1.82) is 0 Å². The number of aryl methyl sites for hydroxylation is 1. The average Bonchev–Trinajstić information content (AvgIpc) is 2.38. The molecule has 0 saturated carbocycles. The molecule has 0 radical (unpaired) electrons. The van der Waals surface area contributed by atoms with E-state index in [4.69, 9.17) is 0 Å². The zero-order valence-electron chi connectivity index (χ0n) is 9.86. The number of hydrogen-bond donors (Lipinski definition) is 0. The molecule has 2 rings (SSSR count). The zero-order chi connectivity index (χ0) is 12.1. The molecule has 0 unspecified atom stereocenters. The van der Waals surface area contributed by atoms with Gasteiger partial charge in [-0.2, -0.15) is 0 Å². The van der Waals surface area contributed by atoms with Crippen molar-refractivity contribution in [2.45, 2.75) is 12.3 Å². The molecular weight excluding hydrogens is 272 g/mol. The van der Waals surface area contributed by atoms with E-state index in [2.05, 4.69) is 83.5 Å². The number of hydrogen-bond acceptors (Lipinski definition) is 0. The van der Waals surface area contributed by atoms with E-state index >= 15 is 0 Å². The van der Waals surface area contributed by atoms with Crippen LogP contribution in [0.15, 0.2) is 60.7 Å².